The summed E-state index contributed by atoms with van der Waals surface area (Å²) in [5.41, 5.74) is 0.591. The molecule has 3 atom stereocenters. The second-order valence-corrected chi connectivity index (χ2v) is 7.27. The Hall–Kier alpha value is -2.36. The number of benzene rings is 1. The van der Waals surface area contributed by atoms with E-state index in [4.69, 9.17) is 10.00 Å². The lowest BCUT2D eigenvalue weighted by Gasteiger charge is -2.20. The SMILES string of the molecule is N#Cc1ccc(Oc2ccc(C(=O)NC3CC4CCC3N4)s2)cc1. The van der Waals surface area contributed by atoms with Crippen molar-refractivity contribution in [2.75, 3.05) is 0 Å². The number of nitrogens with one attached hydrogen (secondary N) is 2. The average Bonchev–Trinajstić information content (AvgIpc) is 3.32. The van der Waals surface area contributed by atoms with Gasteiger partial charge in [0.05, 0.1) is 16.5 Å². The Morgan fingerprint density at radius 2 is 2.08 bits per heavy atom. The minimum absolute atomic E-state index is 0.0333. The van der Waals surface area contributed by atoms with Gasteiger partial charge in [-0.3, -0.25) is 4.79 Å². The van der Waals surface area contributed by atoms with Crippen LogP contribution in [-0.4, -0.2) is 24.0 Å². The molecule has 3 unspecified atom stereocenters. The minimum atomic E-state index is -0.0333. The van der Waals surface area contributed by atoms with Crippen LogP contribution in [0.15, 0.2) is 36.4 Å². The molecule has 2 aliphatic heterocycles. The summed E-state index contributed by atoms with van der Waals surface area (Å²) in [6.45, 7) is 0. The van der Waals surface area contributed by atoms with E-state index in [-0.39, 0.29) is 11.9 Å². The maximum Gasteiger partial charge on any atom is 0.261 e. The maximum atomic E-state index is 12.4. The van der Waals surface area contributed by atoms with Crippen LogP contribution in [0.4, 0.5) is 0 Å². The summed E-state index contributed by atoms with van der Waals surface area (Å²) in [4.78, 5) is 13.1. The van der Waals surface area contributed by atoms with Crippen LogP contribution in [0.25, 0.3) is 0 Å². The Morgan fingerprint density at radius 3 is 2.75 bits per heavy atom. The van der Waals surface area contributed by atoms with Crippen LogP contribution < -0.4 is 15.4 Å². The van der Waals surface area contributed by atoms with Gasteiger partial charge in [-0.15, -0.1) is 0 Å². The maximum absolute atomic E-state index is 12.4. The van der Waals surface area contributed by atoms with Gasteiger partial charge >= 0.3 is 0 Å². The van der Waals surface area contributed by atoms with Crippen LogP contribution in [0.3, 0.4) is 0 Å². The molecular weight excluding hydrogens is 322 g/mol. The second kappa shape index (κ2) is 6.27. The molecule has 0 spiro atoms. The molecule has 0 radical (unpaired) electrons. The van der Waals surface area contributed by atoms with E-state index >= 15 is 0 Å². The van der Waals surface area contributed by atoms with Crippen molar-refractivity contribution in [2.24, 2.45) is 0 Å². The second-order valence-electron chi connectivity index (χ2n) is 6.22. The summed E-state index contributed by atoms with van der Waals surface area (Å²) < 4.78 is 5.74. The molecule has 3 heterocycles. The fraction of sp³-hybridized carbons (Fsp3) is 0.333. The standard InChI is InChI=1S/C18H17N3O2S/c19-10-11-1-4-13(5-2-11)23-17-8-7-16(24-17)18(22)21-15-9-12-3-6-14(15)20-12/h1-2,4-5,7-8,12,14-15,20H,3,6,9H2,(H,21,22). The molecule has 2 saturated heterocycles. The van der Waals surface area contributed by atoms with Gasteiger partial charge in [0.25, 0.3) is 5.91 Å². The van der Waals surface area contributed by atoms with Crippen molar-refractivity contribution in [3.8, 4) is 16.9 Å². The highest BCUT2D eigenvalue weighted by molar-refractivity contribution is 7.15. The van der Waals surface area contributed by atoms with Gasteiger partial charge in [0.2, 0.25) is 0 Å². The van der Waals surface area contributed by atoms with Gasteiger partial charge < -0.3 is 15.4 Å². The highest BCUT2D eigenvalue weighted by atomic mass is 32.1. The number of nitrogens with zero attached hydrogens (tertiary/aromatic N) is 1. The molecular formula is C18H17N3O2S. The summed E-state index contributed by atoms with van der Waals surface area (Å²) in [5, 5.41) is 16.1. The number of ether oxygens (including phenoxy) is 1. The zero-order chi connectivity index (χ0) is 16.5. The van der Waals surface area contributed by atoms with Gasteiger partial charge in [0, 0.05) is 18.1 Å². The molecule has 2 bridgehead atoms. The molecule has 2 aromatic rings. The van der Waals surface area contributed by atoms with E-state index in [1.807, 2.05) is 0 Å². The minimum Gasteiger partial charge on any atom is -0.447 e. The molecule has 6 heteroatoms. The van der Waals surface area contributed by atoms with Crippen LogP contribution in [0.2, 0.25) is 0 Å². The van der Waals surface area contributed by atoms with Gasteiger partial charge in [0.1, 0.15) is 5.75 Å². The molecule has 4 rings (SSSR count). The van der Waals surface area contributed by atoms with Gasteiger partial charge in [-0.1, -0.05) is 11.3 Å². The largest absolute Gasteiger partial charge is 0.447 e. The predicted molar refractivity (Wildman–Crippen MR) is 91.4 cm³/mol. The number of hydrogen-bond acceptors (Lipinski definition) is 5. The van der Waals surface area contributed by atoms with Crippen molar-refractivity contribution < 1.29 is 9.53 Å². The van der Waals surface area contributed by atoms with Crippen molar-refractivity contribution in [1.82, 2.24) is 10.6 Å². The average molecular weight is 339 g/mol. The van der Waals surface area contributed by atoms with Crippen molar-refractivity contribution >= 4 is 17.2 Å². The van der Waals surface area contributed by atoms with Crippen LogP contribution in [0, 0.1) is 11.3 Å². The molecule has 1 aromatic heterocycles. The fourth-order valence-corrected chi connectivity index (χ4v) is 4.21. The zero-order valence-electron chi connectivity index (χ0n) is 13.0. The number of carbonyl (C=O) groups is 1. The Kier molecular flexibility index (Phi) is 3.97. The van der Waals surface area contributed by atoms with E-state index in [9.17, 15) is 4.79 Å². The lowest BCUT2D eigenvalue weighted by Crippen LogP contribution is -2.42. The summed E-state index contributed by atoms with van der Waals surface area (Å²) >= 11 is 1.33. The highest BCUT2D eigenvalue weighted by Gasteiger charge is 2.39. The number of amides is 1. The molecule has 0 aliphatic carbocycles. The molecule has 2 aliphatic rings. The van der Waals surface area contributed by atoms with E-state index in [1.165, 1.54) is 17.8 Å². The summed E-state index contributed by atoms with van der Waals surface area (Å²) in [6.07, 6.45) is 3.39. The van der Waals surface area contributed by atoms with Crippen LogP contribution in [-0.2, 0) is 0 Å². The van der Waals surface area contributed by atoms with Crippen LogP contribution in [0.5, 0.6) is 10.8 Å². The molecule has 2 N–H and O–H groups in total. The van der Waals surface area contributed by atoms with E-state index in [1.54, 1.807) is 36.4 Å². The van der Waals surface area contributed by atoms with Gasteiger partial charge in [-0.05, 0) is 55.7 Å². The topological polar surface area (TPSA) is 74.1 Å². The third-order valence-corrected chi connectivity index (χ3v) is 5.59. The third-order valence-electron chi connectivity index (χ3n) is 4.62. The lowest BCUT2D eigenvalue weighted by molar-refractivity contribution is 0.0935. The van der Waals surface area contributed by atoms with Crippen molar-refractivity contribution in [2.45, 2.75) is 37.4 Å². The Morgan fingerprint density at radius 1 is 1.25 bits per heavy atom. The van der Waals surface area contributed by atoms with Crippen LogP contribution in [0.1, 0.15) is 34.5 Å². The number of fused-ring (bicyclic) bond motifs is 2. The molecule has 1 aromatic carbocycles. The predicted octanol–water partition coefficient (Wildman–Crippen LogP) is 3.03. The number of carbonyl (C=O) groups excluding carboxylic acids is 1. The first kappa shape index (κ1) is 15.2. The molecule has 122 valence electrons. The van der Waals surface area contributed by atoms with E-state index < -0.39 is 0 Å². The Labute approximate surface area is 144 Å². The van der Waals surface area contributed by atoms with Crippen molar-refractivity contribution in [3.05, 3.63) is 46.8 Å². The van der Waals surface area contributed by atoms with Gasteiger partial charge in [-0.2, -0.15) is 5.26 Å². The molecule has 24 heavy (non-hydrogen) atoms. The number of nitriles is 1. The number of rotatable bonds is 4. The van der Waals surface area contributed by atoms with Gasteiger partial charge in [-0.25, -0.2) is 0 Å². The molecule has 0 saturated carbocycles. The quantitative estimate of drug-likeness (QED) is 0.898. The highest BCUT2D eigenvalue weighted by Crippen LogP contribution is 2.31. The monoisotopic (exact) mass is 339 g/mol. The zero-order valence-corrected chi connectivity index (χ0v) is 13.8. The van der Waals surface area contributed by atoms with Crippen molar-refractivity contribution in [3.63, 3.8) is 0 Å². The molecule has 5 nitrogen and oxygen atoms in total. The summed E-state index contributed by atoms with van der Waals surface area (Å²) in [7, 11) is 0. The van der Waals surface area contributed by atoms with E-state index in [2.05, 4.69) is 16.7 Å². The fourth-order valence-electron chi connectivity index (χ4n) is 3.43. The normalized spacial score (nSPS) is 24.5. The van der Waals surface area contributed by atoms with Crippen LogP contribution >= 0.6 is 11.3 Å². The first-order valence-corrected chi connectivity index (χ1v) is 8.88. The third kappa shape index (κ3) is 3.01. The smallest absolute Gasteiger partial charge is 0.261 e. The first-order chi connectivity index (χ1) is 11.7. The molecule has 1 amide bonds. The van der Waals surface area contributed by atoms with E-state index in [0.29, 0.717) is 33.3 Å². The first-order valence-electron chi connectivity index (χ1n) is 8.06. The Balaban J connectivity index is 1.38. The van der Waals surface area contributed by atoms with Gasteiger partial charge in [0.15, 0.2) is 5.06 Å². The van der Waals surface area contributed by atoms with E-state index in [0.717, 1.165) is 12.8 Å². The van der Waals surface area contributed by atoms with Crippen molar-refractivity contribution in [1.29, 1.82) is 5.26 Å². The molecule has 2 fully saturated rings. The summed E-state index contributed by atoms with van der Waals surface area (Å²) in [6, 6.07) is 13.8. The number of hydrogen-bond donors (Lipinski definition) is 2. The Bertz CT molecular complexity index is 793. The number of thiophene rings is 1. The summed E-state index contributed by atoms with van der Waals surface area (Å²) in [5.74, 6) is 0.620. The lowest BCUT2D eigenvalue weighted by atomic mass is 9.95.